The molecule has 0 saturated carbocycles. The van der Waals surface area contributed by atoms with E-state index in [0.29, 0.717) is 25.3 Å². The number of aromatic nitrogens is 3. The van der Waals surface area contributed by atoms with Gasteiger partial charge in [-0.15, -0.1) is 0 Å². The number of hydrogen-bond acceptors (Lipinski definition) is 4. The van der Waals surface area contributed by atoms with Crippen LogP contribution in [0.4, 0.5) is 4.39 Å². The molecule has 2 amide bonds. The number of benzene rings is 1. The van der Waals surface area contributed by atoms with Gasteiger partial charge in [0.05, 0.1) is 18.8 Å². The Labute approximate surface area is 160 Å². The van der Waals surface area contributed by atoms with Crippen LogP contribution >= 0.6 is 0 Å². The van der Waals surface area contributed by atoms with Crippen LogP contribution in [0.5, 0.6) is 0 Å². The van der Waals surface area contributed by atoms with E-state index in [1.807, 2.05) is 4.68 Å². The Hall–Kier alpha value is -3.55. The van der Waals surface area contributed by atoms with E-state index in [0.717, 1.165) is 22.4 Å². The van der Waals surface area contributed by atoms with Crippen LogP contribution in [0.3, 0.4) is 0 Å². The molecule has 2 aromatic heterocycles. The first kappa shape index (κ1) is 17.8. The van der Waals surface area contributed by atoms with Gasteiger partial charge in [0.15, 0.2) is 0 Å². The maximum atomic E-state index is 13.4. The van der Waals surface area contributed by atoms with Crippen molar-refractivity contribution in [2.24, 2.45) is 5.73 Å². The number of nitrogens with two attached hydrogens (primary N) is 1. The highest BCUT2D eigenvalue weighted by molar-refractivity contribution is 5.93. The zero-order valence-corrected chi connectivity index (χ0v) is 15.2. The molecule has 0 spiro atoms. The first-order chi connectivity index (χ1) is 13.4. The van der Waals surface area contributed by atoms with Gasteiger partial charge >= 0.3 is 0 Å². The van der Waals surface area contributed by atoms with Crippen molar-refractivity contribution in [1.29, 1.82) is 0 Å². The molecule has 7 nitrogen and oxygen atoms in total. The van der Waals surface area contributed by atoms with Crippen molar-refractivity contribution >= 4 is 11.8 Å². The van der Waals surface area contributed by atoms with Gasteiger partial charge in [-0.05, 0) is 42.0 Å². The fraction of sp³-hybridized carbons (Fsp3) is 0.200. The number of carbonyl (C=O) groups excluding carboxylic acids is 2. The van der Waals surface area contributed by atoms with Crippen LogP contribution < -0.4 is 5.73 Å². The molecule has 1 aliphatic rings. The van der Waals surface area contributed by atoms with Crippen molar-refractivity contribution in [3.63, 3.8) is 0 Å². The fourth-order valence-electron chi connectivity index (χ4n) is 3.42. The van der Waals surface area contributed by atoms with Crippen molar-refractivity contribution < 1.29 is 14.0 Å². The van der Waals surface area contributed by atoms with Crippen molar-refractivity contribution in [2.45, 2.75) is 20.0 Å². The van der Waals surface area contributed by atoms with E-state index in [2.05, 4.69) is 4.98 Å². The summed E-state index contributed by atoms with van der Waals surface area (Å²) in [6.45, 7) is 3.05. The van der Waals surface area contributed by atoms with Crippen LogP contribution in [0.25, 0.3) is 22.4 Å². The van der Waals surface area contributed by atoms with Crippen LogP contribution in [0.2, 0.25) is 0 Å². The number of rotatable bonds is 3. The quantitative estimate of drug-likeness (QED) is 0.755. The molecule has 0 bridgehead atoms. The molecule has 1 aliphatic heterocycles. The Balaban J connectivity index is 1.92. The van der Waals surface area contributed by atoms with Crippen LogP contribution in [0, 0.1) is 5.82 Å². The molecular weight excluding hydrogens is 361 g/mol. The Morgan fingerprint density at radius 3 is 2.54 bits per heavy atom. The van der Waals surface area contributed by atoms with Gasteiger partial charge in [-0.1, -0.05) is 0 Å². The summed E-state index contributed by atoms with van der Waals surface area (Å²) in [4.78, 5) is 29.2. The molecule has 0 atom stereocenters. The third kappa shape index (κ3) is 3.13. The number of halogens is 1. The summed E-state index contributed by atoms with van der Waals surface area (Å²) in [6.07, 6.45) is 1.51. The molecule has 28 heavy (non-hydrogen) atoms. The Morgan fingerprint density at radius 1 is 1.11 bits per heavy atom. The average Bonchev–Trinajstić information content (AvgIpc) is 3.07. The molecule has 0 aliphatic carbocycles. The maximum Gasteiger partial charge on any atom is 0.267 e. The number of pyridine rings is 1. The normalized spacial score (nSPS) is 13.3. The first-order valence-electron chi connectivity index (χ1n) is 8.81. The average molecular weight is 379 g/mol. The van der Waals surface area contributed by atoms with Crippen molar-refractivity contribution in [2.75, 3.05) is 6.54 Å². The minimum Gasteiger partial charge on any atom is -0.364 e. The van der Waals surface area contributed by atoms with Gasteiger partial charge in [-0.3, -0.25) is 19.3 Å². The first-order valence-corrected chi connectivity index (χ1v) is 8.81. The molecule has 4 rings (SSSR count). The molecule has 0 unspecified atom stereocenters. The second-order valence-corrected chi connectivity index (χ2v) is 6.63. The van der Waals surface area contributed by atoms with Gasteiger partial charge in [0.2, 0.25) is 5.91 Å². The van der Waals surface area contributed by atoms with Gasteiger partial charge in [0.25, 0.3) is 5.91 Å². The molecular formula is C20H18FN5O2. The zero-order chi connectivity index (χ0) is 19.8. The van der Waals surface area contributed by atoms with Crippen LogP contribution in [-0.4, -0.2) is 38.0 Å². The Kier molecular flexibility index (Phi) is 4.38. The molecule has 142 valence electrons. The highest BCUT2D eigenvalue weighted by Gasteiger charge is 2.27. The summed E-state index contributed by atoms with van der Waals surface area (Å²) in [5.74, 6) is -0.984. The van der Waals surface area contributed by atoms with Crippen LogP contribution in [0.1, 0.15) is 23.1 Å². The van der Waals surface area contributed by atoms with Crippen molar-refractivity contribution in [1.82, 2.24) is 19.7 Å². The summed E-state index contributed by atoms with van der Waals surface area (Å²) >= 11 is 0. The van der Waals surface area contributed by atoms with E-state index in [1.165, 1.54) is 25.3 Å². The smallest absolute Gasteiger partial charge is 0.267 e. The van der Waals surface area contributed by atoms with Gasteiger partial charge in [-0.2, -0.15) is 5.10 Å². The standard InChI is InChI=1S/C20H18FN5O2/c1-12(27)25-8-9-26-17(11-25)18(14-6-7-23-16(10-14)20(22)28)19(24-26)13-2-4-15(21)5-3-13/h2-7,10H,8-9,11H2,1H3,(H2,22,28). The lowest BCUT2D eigenvalue weighted by Gasteiger charge is -2.27. The van der Waals surface area contributed by atoms with E-state index in [-0.39, 0.29) is 17.4 Å². The number of hydrogen-bond donors (Lipinski definition) is 1. The molecule has 0 saturated heterocycles. The third-order valence-electron chi connectivity index (χ3n) is 4.84. The molecule has 3 heterocycles. The third-order valence-corrected chi connectivity index (χ3v) is 4.84. The van der Waals surface area contributed by atoms with Crippen molar-refractivity contribution in [3.8, 4) is 22.4 Å². The zero-order valence-electron chi connectivity index (χ0n) is 15.2. The highest BCUT2D eigenvalue weighted by Crippen LogP contribution is 2.36. The van der Waals surface area contributed by atoms with Gasteiger partial charge < -0.3 is 10.6 Å². The van der Waals surface area contributed by atoms with Gasteiger partial charge in [-0.25, -0.2) is 4.39 Å². The summed E-state index contributed by atoms with van der Waals surface area (Å²) in [5, 5.41) is 4.71. The SMILES string of the molecule is CC(=O)N1CCn2nc(-c3ccc(F)cc3)c(-c3ccnc(C(N)=O)c3)c2C1. The summed E-state index contributed by atoms with van der Waals surface area (Å²) in [5.41, 5.74) is 9.27. The summed E-state index contributed by atoms with van der Waals surface area (Å²) < 4.78 is 15.3. The molecule has 0 fully saturated rings. The monoisotopic (exact) mass is 379 g/mol. The van der Waals surface area contributed by atoms with Gasteiger partial charge in [0.1, 0.15) is 17.2 Å². The molecule has 3 aromatic rings. The lowest BCUT2D eigenvalue weighted by atomic mass is 9.98. The number of primary amides is 1. The van der Waals surface area contributed by atoms with Crippen molar-refractivity contribution in [3.05, 3.63) is 59.8 Å². The van der Waals surface area contributed by atoms with E-state index >= 15 is 0 Å². The lowest BCUT2D eigenvalue weighted by molar-refractivity contribution is -0.130. The minimum absolute atomic E-state index is 0.0192. The second-order valence-electron chi connectivity index (χ2n) is 6.63. The largest absolute Gasteiger partial charge is 0.364 e. The van der Waals surface area contributed by atoms with Gasteiger partial charge in [0, 0.05) is 30.8 Å². The Bertz CT molecular complexity index is 1070. The number of carbonyl (C=O) groups is 2. The molecule has 0 radical (unpaired) electrons. The lowest BCUT2D eigenvalue weighted by Crippen LogP contribution is -2.37. The van der Waals surface area contributed by atoms with Crippen LogP contribution in [0.15, 0.2) is 42.6 Å². The Morgan fingerprint density at radius 2 is 1.86 bits per heavy atom. The predicted octanol–water partition coefficient (Wildman–Crippen LogP) is 2.21. The summed E-state index contributed by atoms with van der Waals surface area (Å²) in [7, 11) is 0. The number of nitrogens with zero attached hydrogens (tertiary/aromatic N) is 4. The second kappa shape index (κ2) is 6.88. The predicted molar refractivity (Wildman–Crippen MR) is 100 cm³/mol. The molecule has 1 aromatic carbocycles. The molecule has 8 heteroatoms. The topological polar surface area (TPSA) is 94.1 Å². The van der Waals surface area contributed by atoms with E-state index < -0.39 is 5.91 Å². The van der Waals surface area contributed by atoms with E-state index in [4.69, 9.17) is 10.8 Å². The maximum absolute atomic E-state index is 13.4. The highest BCUT2D eigenvalue weighted by atomic mass is 19.1. The van der Waals surface area contributed by atoms with E-state index in [9.17, 15) is 14.0 Å². The van der Waals surface area contributed by atoms with E-state index in [1.54, 1.807) is 29.2 Å². The minimum atomic E-state index is -0.628. The molecule has 2 N–H and O–H groups in total. The number of fused-ring (bicyclic) bond motifs is 1. The number of amides is 2. The fourth-order valence-corrected chi connectivity index (χ4v) is 3.42. The summed E-state index contributed by atoms with van der Waals surface area (Å²) in [6, 6.07) is 9.45. The van der Waals surface area contributed by atoms with Crippen LogP contribution in [-0.2, 0) is 17.9 Å².